The predicted octanol–water partition coefficient (Wildman–Crippen LogP) is 1.65. The monoisotopic (exact) mass is 345 g/mol. The van der Waals surface area contributed by atoms with Gasteiger partial charge in [-0.25, -0.2) is 4.98 Å². The van der Waals surface area contributed by atoms with Crippen LogP contribution in [0.1, 0.15) is 10.4 Å². The fraction of sp³-hybridized carbons (Fsp3) is 0.0526. The van der Waals surface area contributed by atoms with E-state index < -0.39 is 0 Å². The Morgan fingerprint density at radius 1 is 1.15 bits per heavy atom. The lowest BCUT2D eigenvalue weighted by Gasteiger charge is -2.04. The largest absolute Gasteiger partial charge is 0.507 e. The second kappa shape index (κ2) is 5.96. The van der Waals surface area contributed by atoms with Crippen molar-refractivity contribution in [3.63, 3.8) is 0 Å². The highest BCUT2D eigenvalue weighted by atomic mass is 16.3. The molecule has 7 heteroatoms. The number of phenolic OH excluding ortho intramolecular Hbond substituents is 1. The smallest absolute Gasteiger partial charge is 0.253 e. The molecule has 2 N–H and O–H groups in total. The molecule has 0 bridgehead atoms. The molecular weight excluding hydrogens is 330 g/mol. The van der Waals surface area contributed by atoms with Crippen LogP contribution in [0.25, 0.3) is 35.0 Å². The molecule has 2 aromatic carbocycles. The lowest BCUT2D eigenvalue weighted by molar-refractivity contribution is 0.0963. The van der Waals surface area contributed by atoms with E-state index in [9.17, 15) is 9.90 Å². The first-order chi connectivity index (χ1) is 12.6. The van der Waals surface area contributed by atoms with Crippen molar-refractivity contribution in [1.82, 2.24) is 24.9 Å². The summed E-state index contributed by atoms with van der Waals surface area (Å²) < 4.78 is 1.53. The third kappa shape index (κ3) is 2.46. The van der Waals surface area contributed by atoms with Crippen molar-refractivity contribution in [2.45, 2.75) is 0 Å². The van der Waals surface area contributed by atoms with Crippen molar-refractivity contribution in [2.24, 2.45) is 0 Å². The van der Waals surface area contributed by atoms with Crippen molar-refractivity contribution >= 4 is 18.3 Å². The molecule has 128 valence electrons. The van der Waals surface area contributed by atoms with E-state index in [-0.39, 0.29) is 17.5 Å². The minimum Gasteiger partial charge on any atom is -0.507 e. The zero-order valence-corrected chi connectivity index (χ0v) is 14.0. The van der Waals surface area contributed by atoms with Crippen molar-refractivity contribution in [3.8, 4) is 28.4 Å². The zero-order valence-electron chi connectivity index (χ0n) is 14.0. The molecule has 0 unspecified atom stereocenters. The molecule has 0 aliphatic carbocycles. The number of imidazole rings is 1. The second-order valence-corrected chi connectivity index (χ2v) is 5.73. The lowest BCUT2D eigenvalue weighted by Crippen LogP contribution is -2.17. The van der Waals surface area contributed by atoms with E-state index in [1.165, 1.54) is 16.6 Å². The van der Waals surface area contributed by atoms with Gasteiger partial charge in [0.1, 0.15) is 5.75 Å². The number of carbonyl (C=O) groups is 1. The summed E-state index contributed by atoms with van der Waals surface area (Å²) in [6.45, 7) is 4.04. The van der Waals surface area contributed by atoms with Crippen LogP contribution in [0.4, 0.5) is 0 Å². The summed E-state index contributed by atoms with van der Waals surface area (Å²) in [7, 11) is 1.54. The Morgan fingerprint density at radius 3 is 2.62 bits per heavy atom. The molecule has 2 aromatic heterocycles. The van der Waals surface area contributed by atoms with E-state index in [1.54, 1.807) is 13.1 Å². The predicted molar refractivity (Wildman–Crippen MR) is 97.4 cm³/mol. The average molecular weight is 345 g/mol. The molecule has 2 heterocycles. The van der Waals surface area contributed by atoms with Crippen LogP contribution in [-0.4, -0.2) is 37.6 Å². The number of aromatic nitrogens is 4. The highest BCUT2D eigenvalue weighted by Gasteiger charge is 2.17. The van der Waals surface area contributed by atoms with Crippen molar-refractivity contribution in [3.05, 3.63) is 59.4 Å². The number of phenols is 1. The van der Waals surface area contributed by atoms with Gasteiger partial charge in [-0.05, 0) is 18.2 Å². The molecular formula is C19H15N5O2. The number of amides is 1. The summed E-state index contributed by atoms with van der Waals surface area (Å²) >= 11 is 0. The van der Waals surface area contributed by atoms with Gasteiger partial charge in [-0.15, -0.1) is 5.10 Å². The van der Waals surface area contributed by atoms with Crippen molar-refractivity contribution < 1.29 is 9.90 Å². The third-order valence-corrected chi connectivity index (χ3v) is 4.10. The Kier molecular flexibility index (Phi) is 3.62. The normalized spacial score (nSPS) is 11.0. The van der Waals surface area contributed by atoms with Gasteiger partial charge in [-0.3, -0.25) is 4.79 Å². The first-order valence-corrected chi connectivity index (χ1v) is 7.95. The molecule has 0 spiro atoms. The number of benzene rings is 2. The van der Waals surface area contributed by atoms with Gasteiger partial charge in [0.2, 0.25) is 0 Å². The summed E-state index contributed by atoms with van der Waals surface area (Å²) in [4.78, 5) is 20.7. The van der Waals surface area contributed by atoms with E-state index >= 15 is 0 Å². The minimum atomic E-state index is -0.258. The molecule has 0 atom stereocenters. The molecule has 0 aliphatic heterocycles. The fourth-order valence-corrected chi connectivity index (χ4v) is 2.76. The Morgan fingerprint density at radius 2 is 1.92 bits per heavy atom. The van der Waals surface area contributed by atoms with Crippen molar-refractivity contribution in [2.75, 3.05) is 7.05 Å². The number of nitrogens with zero attached hydrogens (tertiary/aromatic N) is 4. The molecule has 0 aliphatic rings. The molecule has 7 nitrogen and oxygen atoms in total. The SMILES string of the molecule is C=c1c(-c2ccccc2)nc2nc(-c3cc(C(=O)NC)ccc3O)nn12. The summed E-state index contributed by atoms with van der Waals surface area (Å²) in [6, 6.07) is 14.2. The van der Waals surface area contributed by atoms with Crippen LogP contribution in [0, 0.1) is 0 Å². The Balaban J connectivity index is 1.83. The van der Waals surface area contributed by atoms with Crippen LogP contribution in [0.15, 0.2) is 48.5 Å². The van der Waals surface area contributed by atoms with Crippen LogP contribution in [-0.2, 0) is 0 Å². The van der Waals surface area contributed by atoms with Gasteiger partial charge in [0, 0.05) is 18.2 Å². The zero-order chi connectivity index (χ0) is 18.3. The number of fused-ring (bicyclic) bond motifs is 1. The Hall–Kier alpha value is -3.74. The molecule has 4 aromatic rings. The first kappa shape index (κ1) is 15.8. The van der Waals surface area contributed by atoms with Gasteiger partial charge >= 0.3 is 0 Å². The fourth-order valence-electron chi connectivity index (χ4n) is 2.76. The number of hydrogen-bond acceptors (Lipinski definition) is 5. The molecule has 0 fully saturated rings. The summed E-state index contributed by atoms with van der Waals surface area (Å²) in [5.41, 5.74) is 2.39. The molecule has 4 rings (SSSR count). The number of aromatic hydroxyl groups is 1. The lowest BCUT2D eigenvalue weighted by atomic mass is 10.1. The second-order valence-electron chi connectivity index (χ2n) is 5.73. The van der Waals surface area contributed by atoms with Crippen LogP contribution < -0.4 is 10.7 Å². The Bertz CT molecular complexity index is 1170. The van der Waals surface area contributed by atoms with E-state index in [0.717, 1.165) is 5.56 Å². The van der Waals surface area contributed by atoms with Crippen molar-refractivity contribution in [1.29, 1.82) is 0 Å². The van der Waals surface area contributed by atoms with Gasteiger partial charge in [0.05, 0.1) is 16.6 Å². The summed E-state index contributed by atoms with van der Waals surface area (Å²) in [5.74, 6) is 0.389. The number of hydrogen-bond donors (Lipinski definition) is 2. The van der Waals surface area contributed by atoms with Gasteiger partial charge in [0.15, 0.2) is 5.82 Å². The molecule has 0 saturated heterocycles. The third-order valence-electron chi connectivity index (χ3n) is 4.10. The first-order valence-electron chi connectivity index (χ1n) is 7.95. The van der Waals surface area contributed by atoms with E-state index in [4.69, 9.17) is 0 Å². The van der Waals surface area contributed by atoms with Gasteiger partial charge in [-0.1, -0.05) is 36.9 Å². The van der Waals surface area contributed by atoms with E-state index in [1.807, 2.05) is 30.3 Å². The van der Waals surface area contributed by atoms with Crippen LogP contribution >= 0.6 is 0 Å². The van der Waals surface area contributed by atoms with Gasteiger partial charge < -0.3 is 10.4 Å². The molecule has 1 amide bonds. The summed E-state index contributed by atoms with van der Waals surface area (Å²) in [6.07, 6.45) is 0. The number of rotatable bonds is 3. The average Bonchev–Trinajstić information content (AvgIpc) is 3.21. The van der Waals surface area contributed by atoms with Crippen LogP contribution in [0.3, 0.4) is 0 Å². The maximum absolute atomic E-state index is 11.8. The molecule has 26 heavy (non-hydrogen) atoms. The quantitative estimate of drug-likeness (QED) is 0.589. The highest BCUT2D eigenvalue weighted by molar-refractivity contribution is 5.95. The van der Waals surface area contributed by atoms with Crippen LogP contribution in [0.2, 0.25) is 0 Å². The van der Waals surface area contributed by atoms with Gasteiger partial charge in [0.25, 0.3) is 11.7 Å². The summed E-state index contributed by atoms with van der Waals surface area (Å²) in [5, 5.41) is 17.7. The standard InChI is InChI=1S/C19H15N5O2/c1-11-16(12-6-4-3-5-7-12)21-19-22-17(23-24(11)19)14-10-13(18(26)20-2)8-9-15(14)25/h3-10,25H,1H2,2H3,(H,20,26). The molecule has 0 radical (unpaired) electrons. The van der Waals surface area contributed by atoms with E-state index in [2.05, 4.69) is 27.0 Å². The topological polar surface area (TPSA) is 92.4 Å². The van der Waals surface area contributed by atoms with E-state index in [0.29, 0.717) is 27.9 Å². The maximum Gasteiger partial charge on any atom is 0.253 e. The Labute approximate surface area is 148 Å². The minimum absolute atomic E-state index is 0.0141. The maximum atomic E-state index is 11.8. The van der Waals surface area contributed by atoms with Gasteiger partial charge in [-0.2, -0.15) is 9.50 Å². The highest BCUT2D eigenvalue weighted by Crippen LogP contribution is 2.28. The van der Waals surface area contributed by atoms with Crippen LogP contribution in [0.5, 0.6) is 5.75 Å². The number of nitrogens with one attached hydrogen (secondary N) is 1. The molecule has 0 saturated carbocycles. The number of carbonyl (C=O) groups excluding carboxylic acids is 1.